The van der Waals surface area contributed by atoms with E-state index in [-0.39, 0.29) is 0 Å². The van der Waals surface area contributed by atoms with E-state index in [1.807, 2.05) is 43.3 Å². The number of halogens is 1. The van der Waals surface area contributed by atoms with Crippen molar-refractivity contribution in [3.05, 3.63) is 64.8 Å². The van der Waals surface area contributed by atoms with Crippen LogP contribution in [0.15, 0.2) is 48.7 Å². The normalized spacial score (nSPS) is 10.8. The molecule has 3 nitrogen and oxygen atoms in total. The number of aryl methyl sites for hydroxylation is 1. The van der Waals surface area contributed by atoms with Gasteiger partial charge in [0.05, 0.1) is 0 Å². The zero-order valence-corrected chi connectivity index (χ0v) is 12.4. The second-order valence-corrected chi connectivity index (χ2v) is 5.29. The number of ether oxygens (including phenoxy) is 1. The lowest BCUT2D eigenvalue weighted by Crippen LogP contribution is -2.00. The predicted molar refractivity (Wildman–Crippen MR) is 85.9 cm³/mol. The Morgan fingerprint density at radius 3 is 2.67 bits per heavy atom. The third-order valence-electron chi connectivity index (χ3n) is 3.42. The second kappa shape index (κ2) is 5.72. The van der Waals surface area contributed by atoms with Gasteiger partial charge in [-0.1, -0.05) is 35.9 Å². The number of aromatic nitrogens is 1. The molecule has 0 fully saturated rings. The molecule has 0 radical (unpaired) electrons. The first-order chi connectivity index (χ1) is 10.2. The summed E-state index contributed by atoms with van der Waals surface area (Å²) in [5.74, 6) is 1.27. The molecule has 0 bridgehead atoms. The number of hydrogen-bond acceptors (Lipinski definition) is 3. The van der Waals surface area contributed by atoms with Crippen LogP contribution in [0.1, 0.15) is 11.1 Å². The lowest BCUT2D eigenvalue weighted by molar-refractivity contribution is 0.465. The maximum absolute atomic E-state index is 6.03. The summed E-state index contributed by atoms with van der Waals surface area (Å²) in [5, 5.41) is 2.64. The molecule has 0 saturated carbocycles. The molecule has 0 saturated heterocycles. The number of nitrogens with two attached hydrogens (primary N) is 1. The monoisotopic (exact) mass is 298 g/mol. The fraction of sp³-hybridized carbons (Fsp3) is 0.118. The van der Waals surface area contributed by atoms with Crippen molar-refractivity contribution in [2.24, 2.45) is 5.73 Å². The van der Waals surface area contributed by atoms with Crippen molar-refractivity contribution >= 4 is 22.4 Å². The molecule has 2 N–H and O–H groups in total. The Labute approximate surface area is 128 Å². The molecule has 0 amide bonds. The van der Waals surface area contributed by atoms with Gasteiger partial charge in [-0.2, -0.15) is 0 Å². The van der Waals surface area contributed by atoms with Crippen LogP contribution in [0.25, 0.3) is 10.8 Å². The van der Waals surface area contributed by atoms with Crippen LogP contribution in [0, 0.1) is 6.92 Å². The summed E-state index contributed by atoms with van der Waals surface area (Å²) in [6.07, 6.45) is 1.76. The molecule has 0 spiro atoms. The molecule has 0 aliphatic rings. The van der Waals surface area contributed by atoms with E-state index < -0.39 is 0 Å². The fourth-order valence-electron chi connectivity index (χ4n) is 2.26. The van der Waals surface area contributed by atoms with Gasteiger partial charge in [0, 0.05) is 23.2 Å². The van der Waals surface area contributed by atoms with Gasteiger partial charge in [-0.25, -0.2) is 4.98 Å². The molecule has 3 rings (SSSR count). The summed E-state index contributed by atoms with van der Waals surface area (Å²) in [6, 6.07) is 13.5. The Hall–Kier alpha value is -2.10. The molecule has 4 heteroatoms. The van der Waals surface area contributed by atoms with Gasteiger partial charge >= 0.3 is 0 Å². The molecular formula is C17H15ClN2O. The first kappa shape index (κ1) is 13.9. The molecule has 2 aromatic carbocycles. The Bertz CT molecular complexity index is 802. The fourth-order valence-corrected chi connectivity index (χ4v) is 2.42. The highest BCUT2D eigenvalue weighted by molar-refractivity contribution is 6.30. The number of benzene rings is 2. The van der Waals surface area contributed by atoms with E-state index >= 15 is 0 Å². The average molecular weight is 299 g/mol. The van der Waals surface area contributed by atoms with E-state index in [4.69, 9.17) is 22.1 Å². The highest BCUT2D eigenvalue weighted by Crippen LogP contribution is 2.32. The Balaban J connectivity index is 2.11. The molecule has 0 aliphatic carbocycles. The molecule has 1 aromatic heterocycles. The van der Waals surface area contributed by atoms with Crippen molar-refractivity contribution in [1.82, 2.24) is 4.98 Å². The average Bonchev–Trinajstić information content (AvgIpc) is 2.51. The molecule has 21 heavy (non-hydrogen) atoms. The van der Waals surface area contributed by atoms with E-state index in [0.29, 0.717) is 23.2 Å². The molecule has 0 aliphatic heterocycles. The second-order valence-electron chi connectivity index (χ2n) is 4.85. The zero-order valence-electron chi connectivity index (χ0n) is 11.6. The van der Waals surface area contributed by atoms with E-state index in [1.165, 1.54) is 0 Å². The largest absolute Gasteiger partial charge is 0.438 e. The van der Waals surface area contributed by atoms with Crippen molar-refractivity contribution in [2.45, 2.75) is 13.5 Å². The minimum atomic E-state index is 0.448. The third-order valence-corrected chi connectivity index (χ3v) is 3.65. The summed E-state index contributed by atoms with van der Waals surface area (Å²) in [6.45, 7) is 2.42. The number of rotatable bonds is 3. The smallest absolute Gasteiger partial charge is 0.227 e. The maximum atomic E-state index is 6.03. The Morgan fingerprint density at radius 2 is 1.90 bits per heavy atom. The lowest BCUT2D eigenvalue weighted by Gasteiger charge is -2.12. The summed E-state index contributed by atoms with van der Waals surface area (Å²) < 4.78 is 5.97. The Morgan fingerprint density at radius 1 is 1.14 bits per heavy atom. The minimum Gasteiger partial charge on any atom is -0.438 e. The summed E-state index contributed by atoms with van der Waals surface area (Å²) in [4.78, 5) is 4.40. The van der Waals surface area contributed by atoms with Crippen LogP contribution in [-0.4, -0.2) is 4.98 Å². The summed E-state index contributed by atoms with van der Waals surface area (Å²) in [7, 11) is 0. The minimum absolute atomic E-state index is 0.448. The van der Waals surface area contributed by atoms with Gasteiger partial charge in [0.2, 0.25) is 5.88 Å². The highest BCUT2D eigenvalue weighted by atomic mass is 35.5. The summed E-state index contributed by atoms with van der Waals surface area (Å²) in [5.41, 5.74) is 7.77. The lowest BCUT2D eigenvalue weighted by atomic mass is 10.1. The molecular weight excluding hydrogens is 284 g/mol. The molecule has 3 aromatic rings. The molecule has 0 unspecified atom stereocenters. The molecule has 0 atom stereocenters. The highest BCUT2D eigenvalue weighted by Gasteiger charge is 2.10. The number of pyridine rings is 1. The van der Waals surface area contributed by atoms with Crippen LogP contribution in [-0.2, 0) is 6.54 Å². The van der Waals surface area contributed by atoms with Gasteiger partial charge in [-0.05, 0) is 41.6 Å². The van der Waals surface area contributed by atoms with E-state index in [9.17, 15) is 0 Å². The third kappa shape index (κ3) is 2.71. The van der Waals surface area contributed by atoms with Crippen molar-refractivity contribution in [3.8, 4) is 11.6 Å². The van der Waals surface area contributed by atoms with Gasteiger partial charge < -0.3 is 10.5 Å². The molecule has 1 heterocycles. The van der Waals surface area contributed by atoms with Crippen molar-refractivity contribution in [1.29, 1.82) is 0 Å². The number of nitrogens with zero attached hydrogens (tertiary/aromatic N) is 1. The Kier molecular flexibility index (Phi) is 3.78. The summed E-state index contributed by atoms with van der Waals surface area (Å²) >= 11 is 6.03. The van der Waals surface area contributed by atoms with Crippen LogP contribution in [0.4, 0.5) is 0 Å². The van der Waals surface area contributed by atoms with Crippen LogP contribution < -0.4 is 10.5 Å². The first-order valence-electron chi connectivity index (χ1n) is 6.69. The van der Waals surface area contributed by atoms with Crippen molar-refractivity contribution in [3.63, 3.8) is 0 Å². The van der Waals surface area contributed by atoms with Crippen LogP contribution in [0.3, 0.4) is 0 Å². The van der Waals surface area contributed by atoms with E-state index in [0.717, 1.165) is 21.9 Å². The van der Waals surface area contributed by atoms with Gasteiger partial charge in [0.15, 0.2) is 0 Å². The van der Waals surface area contributed by atoms with Gasteiger partial charge in [0.1, 0.15) is 5.75 Å². The predicted octanol–water partition coefficient (Wildman–Crippen LogP) is 4.45. The SMILES string of the molecule is Cc1ccc(Cl)cc1Oc1ncc(CN)c2ccccc12. The van der Waals surface area contributed by atoms with Crippen molar-refractivity contribution in [2.75, 3.05) is 0 Å². The van der Waals surface area contributed by atoms with Gasteiger partial charge in [-0.3, -0.25) is 0 Å². The quantitative estimate of drug-likeness (QED) is 0.777. The standard InChI is InChI=1S/C17H15ClN2O/c1-11-6-7-13(18)8-16(11)21-17-15-5-3-2-4-14(15)12(9-19)10-20-17/h2-8,10H,9,19H2,1H3. The maximum Gasteiger partial charge on any atom is 0.227 e. The topological polar surface area (TPSA) is 48.1 Å². The van der Waals surface area contributed by atoms with Gasteiger partial charge in [-0.15, -0.1) is 0 Å². The van der Waals surface area contributed by atoms with E-state index in [2.05, 4.69) is 4.98 Å². The molecule has 106 valence electrons. The van der Waals surface area contributed by atoms with Crippen molar-refractivity contribution < 1.29 is 4.74 Å². The number of hydrogen-bond donors (Lipinski definition) is 1. The number of fused-ring (bicyclic) bond motifs is 1. The van der Waals surface area contributed by atoms with Gasteiger partial charge in [0.25, 0.3) is 0 Å². The van der Waals surface area contributed by atoms with Crippen LogP contribution in [0.5, 0.6) is 11.6 Å². The zero-order chi connectivity index (χ0) is 14.8. The first-order valence-corrected chi connectivity index (χ1v) is 7.07. The van der Waals surface area contributed by atoms with E-state index in [1.54, 1.807) is 12.3 Å². The van der Waals surface area contributed by atoms with Crippen LogP contribution in [0.2, 0.25) is 5.02 Å². The van der Waals surface area contributed by atoms with Crippen LogP contribution >= 0.6 is 11.6 Å².